The van der Waals surface area contributed by atoms with E-state index < -0.39 is 0 Å². The Hall–Kier alpha value is -1.17. The highest BCUT2D eigenvalue weighted by Gasteiger charge is 2.13. The highest BCUT2D eigenvalue weighted by atomic mass is 79.9. The van der Waals surface area contributed by atoms with Crippen molar-refractivity contribution in [1.29, 1.82) is 0 Å². The zero-order chi connectivity index (χ0) is 12.5. The number of para-hydroxylation sites is 1. The van der Waals surface area contributed by atoms with Gasteiger partial charge in [-0.15, -0.1) is 11.3 Å². The topological polar surface area (TPSA) is 40.7 Å². The maximum atomic E-state index is 4.68. The number of thiazole rings is 1. The van der Waals surface area contributed by atoms with Gasteiger partial charge >= 0.3 is 0 Å². The normalized spacial score (nSPS) is 11.2. The van der Waals surface area contributed by atoms with Crippen molar-refractivity contribution >= 4 is 38.2 Å². The molecule has 0 aliphatic heterocycles. The molecule has 92 valence electrons. The minimum Gasteiger partial charge on any atom is -0.360 e. The van der Waals surface area contributed by atoms with Gasteiger partial charge in [-0.1, -0.05) is 18.2 Å². The summed E-state index contributed by atoms with van der Waals surface area (Å²) in [5, 5.41) is 5.39. The lowest BCUT2D eigenvalue weighted by molar-refractivity contribution is 0.795. The van der Waals surface area contributed by atoms with E-state index in [1.165, 1.54) is 10.9 Å². The van der Waals surface area contributed by atoms with E-state index in [1.807, 2.05) is 19.3 Å². The highest BCUT2D eigenvalue weighted by Crippen LogP contribution is 2.35. The molecule has 0 fully saturated rings. The molecule has 2 N–H and O–H groups in total. The number of halogens is 1. The van der Waals surface area contributed by atoms with Crippen molar-refractivity contribution < 1.29 is 0 Å². The number of fused-ring (bicyclic) bond motifs is 1. The summed E-state index contributed by atoms with van der Waals surface area (Å²) in [6.45, 7) is 0.777. The van der Waals surface area contributed by atoms with Crippen molar-refractivity contribution in [1.82, 2.24) is 15.3 Å². The first-order chi connectivity index (χ1) is 8.79. The Balaban J connectivity index is 2.11. The number of hydrogen-bond acceptors (Lipinski definition) is 3. The number of nitrogens with one attached hydrogen (secondary N) is 2. The fraction of sp³-hybridized carbons (Fsp3) is 0.154. The largest absolute Gasteiger partial charge is 0.360 e. The number of nitrogens with zero attached hydrogens (tertiary/aromatic N) is 1. The fourth-order valence-electron chi connectivity index (χ4n) is 1.97. The summed E-state index contributed by atoms with van der Waals surface area (Å²) in [4.78, 5) is 7.96. The first kappa shape index (κ1) is 11.9. The average Bonchev–Trinajstić information content (AvgIpc) is 2.94. The summed E-state index contributed by atoms with van der Waals surface area (Å²) in [5.74, 6) is 0. The van der Waals surface area contributed by atoms with Crippen LogP contribution in [-0.4, -0.2) is 17.0 Å². The number of H-pyrrole nitrogens is 1. The Labute approximate surface area is 117 Å². The molecular weight excluding hydrogens is 310 g/mol. The minimum absolute atomic E-state index is 0.777. The second-order valence-corrected chi connectivity index (χ2v) is 6.33. The van der Waals surface area contributed by atoms with E-state index in [0.717, 1.165) is 26.5 Å². The zero-order valence-electron chi connectivity index (χ0n) is 9.83. The number of rotatable bonds is 3. The molecule has 0 spiro atoms. The van der Waals surface area contributed by atoms with Gasteiger partial charge in [0.05, 0.1) is 9.48 Å². The number of aromatic amines is 1. The molecule has 3 aromatic rings. The predicted octanol–water partition coefficient (Wildman–Crippen LogP) is 3.77. The van der Waals surface area contributed by atoms with E-state index >= 15 is 0 Å². The maximum absolute atomic E-state index is 4.68. The van der Waals surface area contributed by atoms with Gasteiger partial charge < -0.3 is 10.3 Å². The van der Waals surface area contributed by atoms with Crippen LogP contribution in [0.25, 0.3) is 21.5 Å². The van der Waals surface area contributed by atoms with Crippen LogP contribution in [0.5, 0.6) is 0 Å². The molecule has 1 aromatic carbocycles. The molecule has 18 heavy (non-hydrogen) atoms. The number of benzene rings is 1. The first-order valence-corrected chi connectivity index (χ1v) is 7.27. The molecule has 0 radical (unpaired) electrons. The first-order valence-electron chi connectivity index (χ1n) is 5.66. The molecule has 3 nitrogen and oxygen atoms in total. The summed E-state index contributed by atoms with van der Waals surface area (Å²) in [6, 6.07) is 8.29. The molecular formula is C13H12BrN3S. The summed E-state index contributed by atoms with van der Waals surface area (Å²) in [5.41, 5.74) is 3.37. The molecule has 0 aliphatic rings. The minimum atomic E-state index is 0.777. The van der Waals surface area contributed by atoms with Crippen LogP contribution in [0.15, 0.2) is 34.2 Å². The molecule has 0 atom stereocenters. The van der Waals surface area contributed by atoms with E-state index in [-0.39, 0.29) is 0 Å². The number of hydrogen-bond donors (Lipinski definition) is 2. The van der Waals surface area contributed by atoms with Gasteiger partial charge in [-0.05, 0) is 29.0 Å². The average molecular weight is 322 g/mol. The van der Waals surface area contributed by atoms with Crippen LogP contribution in [0, 0.1) is 0 Å². The summed E-state index contributed by atoms with van der Waals surface area (Å²) >= 11 is 5.25. The lowest BCUT2D eigenvalue weighted by Gasteiger charge is -1.94. The van der Waals surface area contributed by atoms with Crippen LogP contribution in [0.3, 0.4) is 0 Å². The van der Waals surface area contributed by atoms with Gasteiger partial charge in [0, 0.05) is 29.2 Å². The molecule has 0 aliphatic carbocycles. The standard InChI is InChI=1S/C13H12BrN3S/c1-15-7-11-12(14)18-13(17-11)9-6-16-10-5-3-2-4-8(9)10/h2-6,15-16H,7H2,1H3. The van der Waals surface area contributed by atoms with Crippen molar-refractivity contribution in [2.24, 2.45) is 0 Å². The quantitative estimate of drug-likeness (QED) is 0.770. The molecule has 0 saturated heterocycles. The van der Waals surface area contributed by atoms with Gasteiger partial charge in [0.1, 0.15) is 5.01 Å². The van der Waals surface area contributed by atoms with Crippen LogP contribution in [-0.2, 0) is 6.54 Å². The van der Waals surface area contributed by atoms with Gasteiger partial charge in [-0.2, -0.15) is 0 Å². The molecule has 0 amide bonds. The molecule has 0 saturated carbocycles. The van der Waals surface area contributed by atoms with E-state index in [4.69, 9.17) is 0 Å². The van der Waals surface area contributed by atoms with E-state index in [0.29, 0.717) is 0 Å². The summed E-state index contributed by atoms with van der Waals surface area (Å²) in [7, 11) is 1.93. The summed E-state index contributed by atoms with van der Waals surface area (Å²) in [6.07, 6.45) is 2.03. The summed E-state index contributed by atoms with van der Waals surface area (Å²) < 4.78 is 1.09. The third-order valence-corrected chi connectivity index (χ3v) is 4.68. The van der Waals surface area contributed by atoms with Crippen molar-refractivity contribution in [2.45, 2.75) is 6.54 Å². The van der Waals surface area contributed by atoms with Crippen LogP contribution >= 0.6 is 27.3 Å². The molecule has 0 unspecified atom stereocenters. The maximum Gasteiger partial charge on any atom is 0.126 e. The Morgan fingerprint density at radius 3 is 3.06 bits per heavy atom. The van der Waals surface area contributed by atoms with Crippen molar-refractivity contribution in [3.05, 3.63) is 39.9 Å². The van der Waals surface area contributed by atoms with Gasteiger partial charge in [-0.25, -0.2) is 4.98 Å². The Kier molecular flexibility index (Phi) is 3.20. The molecule has 2 heterocycles. The SMILES string of the molecule is CNCc1nc(-c2c[nH]c3ccccc23)sc1Br. The Bertz CT molecular complexity index is 686. The van der Waals surface area contributed by atoms with E-state index in [2.05, 4.69) is 49.4 Å². The second-order valence-electron chi connectivity index (χ2n) is 4.02. The van der Waals surface area contributed by atoms with E-state index in [9.17, 15) is 0 Å². The van der Waals surface area contributed by atoms with Gasteiger partial charge in [0.2, 0.25) is 0 Å². The van der Waals surface area contributed by atoms with Crippen molar-refractivity contribution in [3.63, 3.8) is 0 Å². The lowest BCUT2D eigenvalue weighted by atomic mass is 10.2. The predicted molar refractivity (Wildman–Crippen MR) is 79.9 cm³/mol. The fourth-order valence-corrected chi connectivity index (χ4v) is 3.50. The monoisotopic (exact) mass is 321 g/mol. The second kappa shape index (κ2) is 4.84. The molecule has 3 rings (SSSR count). The molecule has 0 bridgehead atoms. The van der Waals surface area contributed by atoms with Crippen molar-refractivity contribution in [2.75, 3.05) is 7.05 Å². The Morgan fingerprint density at radius 2 is 2.22 bits per heavy atom. The Morgan fingerprint density at radius 1 is 1.39 bits per heavy atom. The van der Waals surface area contributed by atoms with Gasteiger partial charge in [0.15, 0.2) is 0 Å². The lowest BCUT2D eigenvalue weighted by Crippen LogP contribution is -2.05. The molecule has 5 heteroatoms. The van der Waals surface area contributed by atoms with Crippen molar-refractivity contribution in [3.8, 4) is 10.6 Å². The van der Waals surface area contributed by atoms with Crippen LogP contribution in [0.4, 0.5) is 0 Å². The number of aromatic nitrogens is 2. The van der Waals surface area contributed by atoms with Crippen LogP contribution in [0.1, 0.15) is 5.69 Å². The highest BCUT2D eigenvalue weighted by molar-refractivity contribution is 9.11. The third-order valence-electron chi connectivity index (χ3n) is 2.81. The van der Waals surface area contributed by atoms with E-state index in [1.54, 1.807) is 11.3 Å². The van der Waals surface area contributed by atoms with Crippen LogP contribution in [0.2, 0.25) is 0 Å². The van der Waals surface area contributed by atoms with Gasteiger partial charge in [0.25, 0.3) is 0 Å². The molecule has 2 aromatic heterocycles. The zero-order valence-corrected chi connectivity index (χ0v) is 12.2. The smallest absolute Gasteiger partial charge is 0.126 e. The third kappa shape index (κ3) is 1.98. The van der Waals surface area contributed by atoms with Gasteiger partial charge in [-0.3, -0.25) is 0 Å². The van der Waals surface area contributed by atoms with Crippen LogP contribution < -0.4 is 5.32 Å².